The van der Waals surface area contributed by atoms with E-state index >= 15 is 0 Å². The number of unbranched alkanes of at least 4 members (excludes halogenated alkanes) is 1. The Hall–Kier alpha value is -1.58. The monoisotopic (exact) mass is 237 g/mol. The van der Waals surface area contributed by atoms with Gasteiger partial charge in [-0.15, -0.1) is 0 Å². The van der Waals surface area contributed by atoms with Crippen LogP contribution in [-0.4, -0.2) is 30.2 Å². The Morgan fingerprint density at radius 3 is 2.71 bits per heavy atom. The van der Waals surface area contributed by atoms with Gasteiger partial charge >= 0.3 is 0 Å². The summed E-state index contributed by atoms with van der Waals surface area (Å²) in [5.41, 5.74) is 0. The number of nitrogens with zero attached hydrogens (tertiary/aromatic N) is 1. The quantitative estimate of drug-likeness (QED) is 0.685. The number of hydrogen-bond acceptors (Lipinski definition) is 3. The third-order valence-corrected chi connectivity index (χ3v) is 2.63. The molecule has 4 heteroatoms. The van der Waals surface area contributed by atoms with Crippen LogP contribution in [0.15, 0.2) is 22.8 Å². The summed E-state index contributed by atoms with van der Waals surface area (Å²) < 4.78 is 4.98. The van der Waals surface area contributed by atoms with Crippen LogP contribution in [0.1, 0.15) is 43.2 Å². The van der Waals surface area contributed by atoms with E-state index in [0.29, 0.717) is 5.76 Å². The first-order valence-corrected chi connectivity index (χ1v) is 5.95. The number of hydrogen-bond donors (Lipinski definition) is 0. The molecule has 0 aliphatic heterocycles. The highest BCUT2D eigenvalue weighted by Crippen LogP contribution is 2.07. The summed E-state index contributed by atoms with van der Waals surface area (Å²) in [6, 6.07) is 3.29. The summed E-state index contributed by atoms with van der Waals surface area (Å²) >= 11 is 0. The van der Waals surface area contributed by atoms with Gasteiger partial charge in [0.25, 0.3) is 0 Å². The van der Waals surface area contributed by atoms with Gasteiger partial charge in [-0.05, 0) is 18.6 Å². The highest BCUT2D eigenvalue weighted by atomic mass is 16.3. The molecule has 1 aromatic rings. The first kappa shape index (κ1) is 13.5. The minimum Gasteiger partial charge on any atom is -0.461 e. The molecule has 0 aliphatic carbocycles. The van der Waals surface area contributed by atoms with Gasteiger partial charge in [-0.25, -0.2) is 0 Å². The van der Waals surface area contributed by atoms with Crippen LogP contribution < -0.4 is 0 Å². The van der Waals surface area contributed by atoms with E-state index in [1.54, 1.807) is 24.1 Å². The summed E-state index contributed by atoms with van der Waals surface area (Å²) in [5, 5.41) is 0. The van der Waals surface area contributed by atoms with Gasteiger partial charge in [0.15, 0.2) is 11.5 Å². The maximum absolute atomic E-state index is 11.7. The van der Waals surface area contributed by atoms with Gasteiger partial charge in [-0.3, -0.25) is 9.59 Å². The van der Waals surface area contributed by atoms with E-state index in [4.69, 9.17) is 4.42 Å². The zero-order valence-electron chi connectivity index (χ0n) is 10.4. The van der Waals surface area contributed by atoms with Crippen molar-refractivity contribution in [3.8, 4) is 0 Å². The largest absolute Gasteiger partial charge is 0.461 e. The van der Waals surface area contributed by atoms with Crippen molar-refractivity contribution in [2.75, 3.05) is 13.6 Å². The summed E-state index contributed by atoms with van der Waals surface area (Å²) in [7, 11) is 1.77. The Morgan fingerprint density at radius 2 is 2.12 bits per heavy atom. The van der Waals surface area contributed by atoms with Crippen molar-refractivity contribution in [2.24, 2.45) is 0 Å². The lowest BCUT2D eigenvalue weighted by Crippen LogP contribution is -2.27. The van der Waals surface area contributed by atoms with Crippen LogP contribution in [0.2, 0.25) is 0 Å². The maximum Gasteiger partial charge on any atom is 0.222 e. The van der Waals surface area contributed by atoms with Crippen molar-refractivity contribution in [1.82, 2.24) is 4.90 Å². The van der Waals surface area contributed by atoms with Gasteiger partial charge in [0, 0.05) is 26.4 Å². The molecular formula is C13H19NO3. The van der Waals surface area contributed by atoms with Crippen molar-refractivity contribution >= 4 is 11.7 Å². The van der Waals surface area contributed by atoms with Crippen LogP contribution in [0.4, 0.5) is 0 Å². The first-order valence-electron chi connectivity index (χ1n) is 5.95. The third-order valence-electron chi connectivity index (χ3n) is 2.63. The second kappa shape index (κ2) is 6.89. The molecule has 0 N–H and O–H groups in total. The second-order valence-electron chi connectivity index (χ2n) is 4.07. The summed E-state index contributed by atoms with van der Waals surface area (Å²) in [4.78, 5) is 24.9. The standard InChI is InChI=1S/C13H19NO3/c1-3-4-9-14(2)13(16)8-7-11(15)12-6-5-10-17-12/h5-6,10H,3-4,7-9H2,1-2H3. The van der Waals surface area contributed by atoms with Crippen LogP contribution in [0.5, 0.6) is 0 Å². The number of carbonyl (C=O) groups excluding carboxylic acids is 2. The fourth-order valence-corrected chi connectivity index (χ4v) is 1.49. The van der Waals surface area contributed by atoms with Gasteiger partial charge in [0.1, 0.15) is 0 Å². The van der Waals surface area contributed by atoms with E-state index in [1.807, 2.05) is 0 Å². The van der Waals surface area contributed by atoms with Gasteiger partial charge in [-0.1, -0.05) is 13.3 Å². The van der Waals surface area contributed by atoms with E-state index in [1.165, 1.54) is 6.26 Å². The van der Waals surface area contributed by atoms with Crippen LogP contribution in [0, 0.1) is 0 Å². The molecule has 0 unspecified atom stereocenters. The van der Waals surface area contributed by atoms with Crippen LogP contribution in [0.25, 0.3) is 0 Å². The molecule has 0 aliphatic rings. The Labute approximate surface area is 102 Å². The number of furan rings is 1. The molecule has 0 bridgehead atoms. The van der Waals surface area contributed by atoms with Gasteiger partial charge < -0.3 is 9.32 Å². The predicted molar refractivity (Wildman–Crippen MR) is 64.8 cm³/mol. The molecule has 0 spiro atoms. The molecule has 1 rings (SSSR count). The van der Waals surface area contributed by atoms with Crippen molar-refractivity contribution in [3.63, 3.8) is 0 Å². The molecular weight excluding hydrogens is 218 g/mol. The molecule has 94 valence electrons. The molecule has 0 aromatic carbocycles. The van der Waals surface area contributed by atoms with Crippen molar-refractivity contribution < 1.29 is 14.0 Å². The minimum absolute atomic E-state index is 0.0124. The van der Waals surface area contributed by atoms with E-state index < -0.39 is 0 Å². The van der Waals surface area contributed by atoms with Gasteiger partial charge in [0.05, 0.1) is 6.26 Å². The van der Waals surface area contributed by atoms with E-state index in [9.17, 15) is 9.59 Å². The normalized spacial score (nSPS) is 10.2. The van der Waals surface area contributed by atoms with E-state index in [2.05, 4.69) is 6.92 Å². The number of ketones is 1. The van der Waals surface area contributed by atoms with Gasteiger partial charge in [0.2, 0.25) is 5.91 Å². The second-order valence-corrected chi connectivity index (χ2v) is 4.07. The first-order chi connectivity index (χ1) is 8.15. The number of carbonyl (C=O) groups is 2. The SMILES string of the molecule is CCCCN(C)C(=O)CCC(=O)c1ccco1. The average Bonchev–Trinajstić information content (AvgIpc) is 2.86. The predicted octanol–water partition coefficient (Wildman–Crippen LogP) is 2.50. The Bertz CT molecular complexity index is 357. The maximum atomic E-state index is 11.7. The summed E-state index contributed by atoms with van der Waals surface area (Å²) in [6.07, 6.45) is 3.97. The van der Waals surface area contributed by atoms with Crippen molar-refractivity contribution in [3.05, 3.63) is 24.2 Å². The molecule has 0 atom stereocenters. The Kier molecular flexibility index (Phi) is 5.46. The third kappa shape index (κ3) is 4.43. The molecule has 0 saturated heterocycles. The van der Waals surface area contributed by atoms with Crippen LogP contribution in [-0.2, 0) is 4.79 Å². The lowest BCUT2D eigenvalue weighted by atomic mass is 10.1. The average molecular weight is 237 g/mol. The van der Waals surface area contributed by atoms with Crippen molar-refractivity contribution in [2.45, 2.75) is 32.6 Å². The fourth-order valence-electron chi connectivity index (χ4n) is 1.49. The number of amides is 1. The molecule has 0 radical (unpaired) electrons. The van der Waals surface area contributed by atoms with Crippen LogP contribution in [0.3, 0.4) is 0 Å². The highest BCUT2D eigenvalue weighted by Gasteiger charge is 2.13. The Morgan fingerprint density at radius 1 is 1.35 bits per heavy atom. The van der Waals surface area contributed by atoms with E-state index in [0.717, 1.165) is 19.4 Å². The molecule has 1 heterocycles. The zero-order valence-corrected chi connectivity index (χ0v) is 10.4. The van der Waals surface area contributed by atoms with Gasteiger partial charge in [-0.2, -0.15) is 0 Å². The molecule has 0 saturated carbocycles. The fraction of sp³-hybridized carbons (Fsp3) is 0.538. The molecule has 17 heavy (non-hydrogen) atoms. The summed E-state index contributed by atoms with van der Waals surface area (Å²) in [6.45, 7) is 2.84. The number of rotatable bonds is 7. The smallest absolute Gasteiger partial charge is 0.222 e. The highest BCUT2D eigenvalue weighted by molar-refractivity contribution is 5.95. The molecule has 0 fully saturated rings. The zero-order chi connectivity index (χ0) is 12.7. The topological polar surface area (TPSA) is 50.5 Å². The lowest BCUT2D eigenvalue weighted by molar-refractivity contribution is -0.129. The van der Waals surface area contributed by atoms with Crippen LogP contribution >= 0.6 is 0 Å². The molecule has 1 aromatic heterocycles. The summed E-state index contributed by atoms with van der Waals surface area (Å²) in [5.74, 6) is 0.222. The molecule has 1 amide bonds. The van der Waals surface area contributed by atoms with E-state index in [-0.39, 0.29) is 24.5 Å². The Balaban J connectivity index is 2.30. The van der Waals surface area contributed by atoms with Crippen molar-refractivity contribution in [1.29, 1.82) is 0 Å². The number of Topliss-reactive ketones (excluding diaryl/α,β-unsaturated/α-hetero) is 1. The minimum atomic E-state index is -0.118. The molecule has 4 nitrogen and oxygen atoms in total. The lowest BCUT2D eigenvalue weighted by Gasteiger charge is -2.16.